The van der Waals surface area contributed by atoms with Gasteiger partial charge in [0.15, 0.2) is 0 Å². The van der Waals surface area contributed by atoms with Gasteiger partial charge in [-0.1, -0.05) is 12.1 Å². The monoisotopic (exact) mass is 300 g/mol. The number of hydrogen-bond acceptors (Lipinski definition) is 5. The van der Waals surface area contributed by atoms with E-state index in [0.717, 1.165) is 5.56 Å². The summed E-state index contributed by atoms with van der Waals surface area (Å²) in [6, 6.07) is 4.85. The predicted molar refractivity (Wildman–Crippen MR) is 76.5 cm³/mol. The van der Waals surface area contributed by atoms with E-state index in [1.54, 1.807) is 25.1 Å². The Bertz CT molecular complexity index is 536. The van der Waals surface area contributed by atoms with Gasteiger partial charge < -0.3 is 9.47 Å². The molecule has 112 valence electrons. The molecule has 1 aromatic carbocycles. The fourth-order valence-electron chi connectivity index (χ4n) is 1.53. The average molecular weight is 300 g/mol. The summed E-state index contributed by atoms with van der Waals surface area (Å²) in [7, 11) is -3.79. The van der Waals surface area contributed by atoms with Gasteiger partial charge in [-0.25, -0.2) is 0 Å². The van der Waals surface area contributed by atoms with Crippen molar-refractivity contribution in [3.05, 3.63) is 36.4 Å². The summed E-state index contributed by atoms with van der Waals surface area (Å²) in [5.74, 6) is 0.278. The molecule has 0 aliphatic carbocycles. The predicted octanol–water partition coefficient (Wildman–Crippen LogP) is 2.30. The summed E-state index contributed by atoms with van der Waals surface area (Å²) in [4.78, 5) is 0.0358. The van der Waals surface area contributed by atoms with Gasteiger partial charge in [0.2, 0.25) is 0 Å². The number of aryl methyl sites for hydroxylation is 1. The van der Waals surface area contributed by atoms with Crippen LogP contribution in [0.4, 0.5) is 0 Å². The highest BCUT2D eigenvalue weighted by atomic mass is 32.2. The first-order valence-corrected chi connectivity index (χ1v) is 7.73. The van der Waals surface area contributed by atoms with Crippen molar-refractivity contribution in [3.8, 4) is 5.75 Å². The summed E-state index contributed by atoms with van der Waals surface area (Å²) in [5, 5.41) is 0. The van der Waals surface area contributed by atoms with Gasteiger partial charge in [-0.05, 0) is 31.5 Å². The smallest absolute Gasteiger partial charge is 0.300 e. The second-order valence-electron chi connectivity index (χ2n) is 4.02. The van der Waals surface area contributed by atoms with Gasteiger partial charge in [0.1, 0.15) is 17.3 Å². The van der Waals surface area contributed by atoms with Gasteiger partial charge in [-0.3, -0.25) is 4.18 Å². The molecule has 0 atom stereocenters. The van der Waals surface area contributed by atoms with E-state index in [0.29, 0.717) is 13.2 Å². The molecule has 0 aromatic heterocycles. The maximum absolute atomic E-state index is 12.0. The summed E-state index contributed by atoms with van der Waals surface area (Å²) in [5.41, 5.74) is 0.905. The van der Waals surface area contributed by atoms with Crippen LogP contribution in [0.3, 0.4) is 0 Å². The molecule has 0 spiro atoms. The van der Waals surface area contributed by atoms with Crippen LogP contribution in [0.2, 0.25) is 0 Å². The summed E-state index contributed by atoms with van der Waals surface area (Å²) in [6.45, 7) is 8.14. The highest BCUT2D eigenvalue weighted by molar-refractivity contribution is 7.86. The van der Waals surface area contributed by atoms with E-state index in [1.807, 2.05) is 6.92 Å². The molecule has 5 nitrogen and oxygen atoms in total. The Balaban J connectivity index is 2.83. The molecule has 20 heavy (non-hydrogen) atoms. The van der Waals surface area contributed by atoms with E-state index >= 15 is 0 Å². The Morgan fingerprint density at radius 3 is 2.70 bits per heavy atom. The van der Waals surface area contributed by atoms with Crippen molar-refractivity contribution in [2.24, 2.45) is 0 Å². The number of rotatable bonds is 9. The third-order valence-corrected chi connectivity index (χ3v) is 3.78. The van der Waals surface area contributed by atoms with E-state index in [-0.39, 0.29) is 23.9 Å². The fraction of sp³-hybridized carbons (Fsp3) is 0.429. The maximum atomic E-state index is 12.0. The Morgan fingerprint density at radius 1 is 1.30 bits per heavy atom. The van der Waals surface area contributed by atoms with Gasteiger partial charge in [-0.2, -0.15) is 8.42 Å². The highest BCUT2D eigenvalue weighted by Gasteiger charge is 2.20. The minimum Gasteiger partial charge on any atom is -0.490 e. The second kappa shape index (κ2) is 8.04. The molecule has 0 aliphatic heterocycles. The number of ether oxygens (including phenoxy) is 2. The van der Waals surface area contributed by atoms with Crippen LogP contribution in [0.25, 0.3) is 0 Å². The van der Waals surface area contributed by atoms with Crippen molar-refractivity contribution in [2.75, 3.05) is 26.4 Å². The van der Waals surface area contributed by atoms with E-state index in [2.05, 4.69) is 6.58 Å². The largest absolute Gasteiger partial charge is 0.490 e. The van der Waals surface area contributed by atoms with Gasteiger partial charge >= 0.3 is 10.1 Å². The molecule has 0 amide bonds. The first-order chi connectivity index (χ1) is 9.51. The lowest BCUT2D eigenvalue weighted by Gasteiger charge is -2.12. The van der Waals surface area contributed by atoms with Crippen molar-refractivity contribution in [1.29, 1.82) is 0 Å². The van der Waals surface area contributed by atoms with Crippen LogP contribution in [0.5, 0.6) is 5.75 Å². The lowest BCUT2D eigenvalue weighted by atomic mass is 10.2. The molecule has 0 bridgehead atoms. The van der Waals surface area contributed by atoms with Crippen LogP contribution in [-0.4, -0.2) is 34.8 Å². The Morgan fingerprint density at radius 2 is 2.05 bits per heavy atom. The van der Waals surface area contributed by atoms with E-state index in [4.69, 9.17) is 13.7 Å². The average Bonchev–Trinajstić information content (AvgIpc) is 2.38. The Hall–Kier alpha value is -1.37. The first kappa shape index (κ1) is 16.7. The summed E-state index contributed by atoms with van der Waals surface area (Å²) in [6.07, 6.45) is 1.64. The van der Waals surface area contributed by atoms with Gasteiger partial charge in [-0.15, -0.1) is 6.58 Å². The minimum atomic E-state index is -3.79. The molecule has 0 heterocycles. The molecule has 6 heteroatoms. The third kappa shape index (κ3) is 4.96. The maximum Gasteiger partial charge on any atom is 0.300 e. The Kier molecular flexibility index (Phi) is 6.70. The van der Waals surface area contributed by atoms with Crippen LogP contribution in [0.1, 0.15) is 12.5 Å². The molecule has 0 radical (unpaired) electrons. The fourth-order valence-corrected chi connectivity index (χ4v) is 2.57. The topological polar surface area (TPSA) is 61.8 Å². The molecule has 0 aliphatic rings. The van der Waals surface area contributed by atoms with Gasteiger partial charge in [0.05, 0.1) is 19.8 Å². The first-order valence-electron chi connectivity index (χ1n) is 6.32. The molecule has 0 saturated carbocycles. The Labute approximate surface area is 120 Å². The molecule has 0 fully saturated rings. The van der Waals surface area contributed by atoms with Gasteiger partial charge in [0.25, 0.3) is 0 Å². The normalized spacial score (nSPS) is 11.3. The van der Waals surface area contributed by atoms with Crippen molar-refractivity contribution in [2.45, 2.75) is 18.7 Å². The quantitative estimate of drug-likeness (QED) is 0.398. The molecule has 0 unspecified atom stereocenters. The molecular formula is C14H20O5S. The van der Waals surface area contributed by atoms with Crippen molar-refractivity contribution in [1.82, 2.24) is 0 Å². The molecule has 1 rings (SSSR count). The number of benzene rings is 1. The van der Waals surface area contributed by atoms with Crippen molar-refractivity contribution in [3.63, 3.8) is 0 Å². The van der Waals surface area contributed by atoms with Crippen LogP contribution in [-0.2, 0) is 19.0 Å². The standard InChI is InChI=1S/C14H20O5S/c1-4-8-17-9-10-18-13-11-12(3)6-7-14(13)20(15,16)19-5-2/h4,6-7,11H,1,5,8-10H2,2-3H3. The van der Waals surface area contributed by atoms with Crippen LogP contribution in [0.15, 0.2) is 35.7 Å². The van der Waals surface area contributed by atoms with Crippen LogP contribution >= 0.6 is 0 Å². The molecular weight excluding hydrogens is 280 g/mol. The summed E-state index contributed by atoms with van der Waals surface area (Å²) < 4.78 is 39.4. The third-order valence-electron chi connectivity index (χ3n) is 2.36. The number of hydrogen-bond donors (Lipinski definition) is 0. The van der Waals surface area contributed by atoms with Crippen LogP contribution in [0, 0.1) is 6.92 Å². The molecule has 1 aromatic rings. The zero-order valence-electron chi connectivity index (χ0n) is 11.8. The zero-order valence-corrected chi connectivity index (χ0v) is 12.6. The zero-order chi connectivity index (χ0) is 15.0. The van der Waals surface area contributed by atoms with E-state index < -0.39 is 10.1 Å². The van der Waals surface area contributed by atoms with Crippen molar-refractivity contribution >= 4 is 10.1 Å². The summed E-state index contributed by atoms with van der Waals surface area (Å²) >= 11 is 0. The lowest BCUT2D eigenvalue weighted by molar-refractivity contribution is 0.119. The highest BCUT2D eigenvalue weighted by Crippen LogP contribution is 2.26. The van der Waals surface area contributed by atoms with E-state index in [1.165, 1.54) is 6.07 Å². The van der Waals surface area contributed by atoms with Gasteiger partial charge in [0, 0.05) is 0 Å². The van der Waals surface area contributed by atoms with E-state index in [9.17, 15) is 8.42 Å². The minimum absolute atomic E-state index is 0.0358. The SMILES string of the molecule is C=CCOCCOc1cc(C)ccc1S(=O)(=O)OCC. The lowest BCUT2D eigenvalue weighted by Crippen LogP contribution is -2.12. The molecule has 0 N–H and O–H groups in total. The van der Waals surface area contributed by atoms with Crippen LogP contribution < -0.4 is 4.74 Å². The molecule has 0 saturated heterocycles. The second-order valence-corrected chi connectivity index (χ2v) is 5.61. The van der Waals surface area contributed by atoms with Crippen molar-refractivity contribution < 1.29 is 22.1 Å².